The maximum Gasteiger partial charge on any atom is 0.103 e. The van der Waals surface area contributed by atoms with Crippen molar-refractivity contribution in [1.29, 1.82) is 0 Å². The van der Waals surface area contributed by atoms with Crippen LogP contribution in [0.1, 0.15) is 16.8 Å². The second-order valence-electron chi connectivity index (χ2n) is 1.99. The maximum atomic E-state index is 4.29. The number of rotatable bonds is 4. The van der Waals surface area contributed by atoms with Gasteiger partial charge in [0.25, 0.3) is 0 Å². The molecule has 0 aromatic carbocycles. The lowest BCUT2D eigenvalue weighted by molar-refractivity contribution is 1.25. The molecule has 0 atom stereocenters. The standard InChI is InChI=1S/C7H10BrNS2/c1-2-10-5-7-9-4-6(3-8)11-7/h4H,2-3,5H2,1H3. The third-order valence-corrected chi connectivity index (χ3v) is 4.20. The van der Waals surface area contributed by atoms with Gasteiger partial charge in [0, 0.05) is 22.2 Å². The van der Waals surface area contributed by atoms with E-state index in [1.165, 1.54) is 15.6 Å². The van der Waals surface area contributed by atoms with Crippen molar-refractivity contribution >= 4 is 39.0 Å². The molecular formula is C7H10BrNS2. The predicted molar refractivity (Wildman–Crippen MR) is 56.6 cm³/mol. The van der Waals surface area contributed by atoms with E-state index in [2.05, 4.69) is 27.8 Å². The van der Waals surface area contributed by atoms with Gasteiger partial charge in [0.2, 0.25) is 0 Å². The van der Waals surface area contributed by atoms with Crippen LogP contribution in [0.5, 0.6) is 0 Å². The van der Waals surface area contributed by atoms with Gasteiger partial charge in [-0.15, -0.1) is 11.3 Å². The minimum Gasteiger partial charge on any atom is -0.248 e. The average Bonchev–Trinajstić information content (AvgIpc) is 2.48. The Bertz CT molecular complexity index is 212. The predicted octanol–water partition coefficient (Wildman–Crippen LogP) is 3.29. The molecule has 0 N–H and O–H groups in total. The van der Waals surface area contributed by atoms with Gasteiger partial charge in [0.1, 0.15) is 5.01 Å². The summed E-state index contributed by atoms with van der Waals surface area (Å²) in [4.78, 5) is 5.61. The Balaban J connectivity index is 2.44. The van der Waals surface area contributed by atoms with Crippen LogP contribution in [0.4, 0.5) is 0 Å². The quantitative estimate of drug-likeness (QED) is 0.762. The lowest BCUT2D eigenvalue weighted by atomic mass is 10.6. The highest BCUT2D eigenvalue weighted by atomic mass is 79.9. The monoisotopic (exact) mass is 251 g/mol. The Labute approximate surface area is 83.7 Å². The summed E-state index contributed by atoms with van der Waals surface area (Å²) >= 11 is 7.11. The van der Waals surface area contributed by atoms with Gasteiger partial charge in [-0.2, -0.15) is 11.8 Å². The minimum absolute atomic E-state index is 0.932. The number of nitrogens with zero attached hydrogens (tertiary/aromatic N) is 1. The van der Waals surface area contributed by atoms with E-state index in [0.29, 0.717) is 0 Å². The summed E-state index contributed by atoms with van der Waals surface area (Å²) in [6.07, 6.45) is 1.95. The summed E-state index contributed by atoms with van der Waals surface area (Å²) in [5.74, 6) is 2.23. The summed E-state index contributed by atoms with van der Waals surface area (Å²) in [5.41, 5.74) is 0. The second-order valence-corrected chi connectivity index (χ2v) is 5.03. The maximum absolute atomic E-state index is 4.29. The summed E-state index contributed by atoms with van der Waals surface area (Å²) in [6.45, 7) is 2.17. The van der Waals surface area contributed by atoms with Crippen LogP contribution in [0.2, 0.25) is 0 Å². The fourth-order valence-electron chi connectivity index (χ4n) is 0.666. The molecule has 0 radical (unpaired) electrons. The van der Waals surface area contributed by atoms with Crippen molar-refractivity contribution in [3.05, 3.63) is 16.1 Å². The van der Waals surface area contributed by atoms with Gasteiger partial charge in [0.15, 0.2) is 0 Å². The smallest absolute Gasteiger partial charge is 0.103 e. The van der Waals surface area contributed by atoms with Crippen molar-refractivity contribution < 1.29 is 0 Å². The summed E-state index contributed by atoms with van der Waals surface area (Å²) in [6, 6.07) is 0. The lowest BCUT2D eigenvalue weighted by Crippen LogP contribution is -1.75. The third-order valence-electron chi connectivity index (χ3n) is 1.16. The molecular weight excluding hydrogens is 242 g/mol. The first-order chi connectivity index (χ1) is 5.36. The molecule has 11 heavy (non-hydrogen) atoms. The summed E-state index contributed by atoms with van der Waals surface area (Å²) in [5, 5.41) is 2.17. The SMILES string of the molecule is CCSCc1ncc(CBr)s1. The molecule has 0 fully saturated rings. The van der Waals surface area contributed by atoms with Gasteiger partial charge in [0.05, 0.1) is 0 Å². The van der Waals surface area contributed by atoms with E-state index in [1.54, 1.807) is 11.3 Å². The first-order valence-electron chi connectivity index (χ1n) is 3.44. The molecule has 0 saturated heterocycles. The second kappa shape index (κ2) is 5.17. The zero-order valence-electron chi connectivity index (χ0n) is 6.34. The molecule has 0 aliphatic heterocycles. The van der Waals surface area contributed by atoms with Gasteiger partial charge in [-0.25, -0.2) is 4.98 Å². The van der Waals surface area contributed by atoms with E-state index in [1.807, 2.05) is 18.0 Å². The van der Waals surface area contributed by atoms with Crippen molar-refractivity contribution in [2.24, 2.45) is 0 Å². The molecule has 0 saturated carbocycles. The Morgan fingerprint density at radius 1 is 1.73 bits per heavy atom. The molecule has 62 valence electrons. The molecule has 1 heterocycles. The van der Waals surface area contributed by atoms with Crippen molar-refractivity contribution in [3.63, 3.8) is 0 Å². The molecule has 1 rings (SSSR count). The number of hydrogen-bond acceptors (Lipinski definition) is 3. The van der Waals surface area contributed by atoms with Gasteiger partial charge >= 0.3 is 0 Å². The minimum atomic E-state index is 0.932. The molecule has 0 bridgehead atoms. The number of thioether (sulfide) groups is 1. The van der Waals surface area contributed by atoms with Crippen molar-refractivity contribution in [3.8, 4) is 0 Å². The third kappa shape index (κ3) is 3.13. The van der Waals surface area contributed by atoms with E-state index in [4.69, 9.17) is 0 Å². The number of halogens is 1. The normalized spacial score (nSPS) is 10.4. The molecule has 4 heteroatoms. The highest BCUT2D eigenvalue weighted by molar-refractivity contribution is 9.08. The van der Waals surface area contributed by atoms with Gasteiger partial charge in [-0.1, -0.05) is 22.9 Å². The van der Waals surface area contributed by atoms with Crippen LogP contribution in [0, 0.1) is 0 Å². The molecule has 1 nitrogen and oxygen atoms in total. The molecule has 0 aliphatic rings. The lowest BCUT2D eigenvalue weighted by Gasteiger charge is -1.90. The number of hydrogen-bond donors (Lipinski definition) is 0. The van der Waals surface area contributed by atoms with Crippen molar-refractivity contribution in [2.75, 3.05) is 5.75 Å². The van der Waals surface area contributed by atoms with Crippen LogP contribution < -0.4 is 0 Å². The highest BCUT2D eigenvalue weighted by Crippen LogP contribution is 2.19. The van der Waals surface area contributed by atoms with Crippen LogP contribution in [-0.4, -0.2) is 10.7 Å². The van der Waals surface area contributed by atoms with Crippen LogP contribution in [0.25, 0.3) is 0 Å². The van der Waals surface area contributed by atoms with Gasteiger partial charge in [-0.05, 0) is 5.75 Å². The zero-order chi connectivity index (χ0) is 8.10. The van der Waals surface area contributed by atoms with Gasteiger partial charge < -0.3 is 0 Å². The first-order valence-corrected chi connectivity index (χ1v) is 6.53. The van der Waals surface area contributed by atoms with Crippen LogP contribution >= 0.6 is 39.0 Å². The Hall–Kier alpha value is 0.460. The molecule has 1 aromatic rings. The van der Waals surface area contributed by atoms with Gasteiger partial charge in [-0.3, -0.25) is 0 Å². The fourth-order valence-corrected chi connectivity index (χ4v) is 2.66. The number of thiazole rings is 1. The topological polar surface area (TPSA) is 12.9 Å². The zero-order valence-corrected chi connectivity index (χ0v) is 9.56. The van der Waals surface area contributed by atoms with Crippen LogP contribution in [-0.2, 0) is 11.1 Å². The molecule has 0 amide bonds. The van der Waals surface area contributed by atoms with Crippen molar-refractivity contribution in [1.82, 2.24) is 4.98 Å². The van der Waals surface area contributed by atoms with E-state index in [-0.39, 0.29) is 0 Å². The van der Waals surface area contributed by atoms with E-state index in [0.717, 1.165) is 11.1 Å². The van der Waals surface area contributed by atoms with Crippen molar-refractivity contribution in [2.45, 2.75) is 18.0 Å². The fraction of sp³-hybridized carbons (Fsp3) is 0.571. The Kier molecular flexibility index (Phi) is 4.48. The highest BCUT2D eigenvalue weighted by Gasteiger charge is 1.99. The molecule has 0 aliphatic carbocycles. The summed E-state index contributed by atoms with van der Waals surface area (Å²) in [7, 11) is 0. The molecule has 0 unspecified atom stereocenters. The summed E-state index contributed by atoms with van der Waals surface area (Å²) < 4.78 is 0. The van der Waals surface area contributed by atoms with E-state index < -0.39 is 0 Å². The average molecular weight is 252 g/mol. The number of alkyl halides is 1. The van der Waals surface area contributed by atoms with Crippen LogP contribution in [0.15, 0.2) is 6.20 Å². The Morgan fingerprint density at radius 3 is 3.09 bits per heavy atom. The molecule has 1 aromatic heterocycles. The van der Waals surface area contributed by atoms with Crippen LogP contribution in [0.3, 0.4) is 0 Å². The largest absolute Gasteiger partial charge is 0.248 e. The van der Waals surface area contributed by atoms with E-state index >= 15 is 0 Å². The van der Waals surface area contributed by atoms with E-state index in [9.17, 15) is 0 Å². The number of aromatic nitrogens is 1. The first kappa shape index (κ1) is 9.55. The Morgan fingerprint density at radius 2 is 2.55 bits per heavy atom. The molecule has 0 spiro atoms.